The molecule has 0 amide bonds. The van der Waals surface area contributed by atoms with E-state index in [2.05, 4.69) is 96.2 Å². The topological polar surface area (TPSA) is 39.9 Å². The van der Waals surface area contributed by atoms with E-state index in [0.717, 1.165) is 44.5 Å². The molecule has 0 atom stereocenters. The summed E-state index contributed by atoms with van der Waals surface area (Å²) in [7, 11) is 1.74. The smallest absolute Gasteiger partial charge is 0.119 e. The molecule has 1 aliphatic carbocycles. The van der Waals surface area contributed by atoms with E-state index in [1.54, 1.807) is 18.4 Å². The van der Waals surface area contributed by atoms with Crippen LogP contribution in [-0.2, 0) is 6.54 Å². The first-order valence-electron chi connectivity index (χ1n) is 14.7. The van der Waals surface area contributed by atoms with Crippen molar-refractivity contribution in [2.24, 2.45) is 0 Å². The highest BCUT2D eigenvalue weighted by Gasteiger charge is 2.26. The van der Waals surface area contributed by atoms with Crippen LogP contribution in [0.1, 0.15) is 59.9 Å². The predicted octanol–water partition coefficient (Wildman–Crippen LogP) is 9.70. The van der Waals surface area contributed by atoms with E-state index in [1.165, 1.54) is 65.4 Å². The van der Waals surface area contributed by atoms with E-state index in [9.17, 15) is 0 Å². The Hall–Kier alpha value is -3.96. The number of benzene rings is 3. The zero-order valence-corrected chi connectivity index (χ0v) is 24.8. The molecular formula is C36H35N3OS. The molecule has 0 saturated heterocycles. The number of aromatic nitrogens is 3. The minimum atomic E-state index is 0.573. The van der Waals surface area contributed by atoms with E-state index < -0.39 is 0 Å². The van der Waals surface area contributed by atoms with Crippen molar-refractivity contribution in [3.63, 3.8) is 0 Å². The monoisotopic (exact) mass is 557 g/mol. The van der Waals surface area contributed by atoms with E-state index in [1.807, 2.05) is 6.07 Å². The zero-order valence-electron chi connectivity index (χ0n) is 24.0. The Labute approximate surface area is 245 Å². The van der Waals surface area contributed by atoms with Gasteiger partial charge in [-0.05, 0) is 85.7 Å². The number of ether oxygens (including phenoxy) is 1. The molecule has 5 heteroatoms. The first-order chi connectivity index (χ1) is 20.1. The molecule has 206 valence electrons. The van der Waals surface area contributed by atoms with Crippen LogP contribution in [0.3, 0.4) is 0 Å². The maximum absolute atomic E-state index is 5.57. The highest BCUT2D eigenvalue weighted by atomic mass is 32.1. The molecule has 0 bridgehead atoms. The van der Waals surface area contributed by atoms with Crippen molar-refractivity contribution in [3.05, 3.63) is 101 Å². The number of nitrogens with zero attached hydrogens (tertiary/aromatic N) is 3. The lowest BCUT2D eigenvalue weighted by molar-refractivity contribution is 0.414. The lowest BCUT2D eigenvalue weighted by atomic mass is 9.81. The third-order valence-electron chi connectivity index (χ3n) is 8.60. The summed E-state index contributed by atoms with van der Waals surface area (Å²) >= 11 is 1.72. The Morgan fingerprint density at radius 2 is 1.73 bits per heavy atom. The van der Waals surface area contributed by atoms with Crippen molar-refractivity contribution in [1.82, 2.24) is 14.5 Å². The quantitative estimate of drug-likeness (QED) is 0.205. The Bertz CT molecular complexity index is 1880. The van der Waals surface area contributed by atoms with Gasteiger partial charge in [0.25, 0.3) is 0 Å². The van der Waals surface area contributed by atoms with Gasteiger partial charge < -0.3 is 9.30 Å². The molecular weight excluding hydrogens is 522 g/mol. The molecule has 0 aliphatic heterocycles. The van der Waals surface area contributed by atoms with Crippen LogP contribution in [0, 0.1) is 13.8 Å². The second-order valence-electron chi connectivity index (χ2n) is 11.3. The van der Waals surface area contributed by atoms with Crippen LogP contribution in [0.15, 0.2) is 78.9 Å². The molecule has 1 fully saturated rings. The van der Waals surface area contributed by atoms with E-state index in [-0.39, 0.29) is 0 Å². The first kappa shape index (κ1) is 26.0. The molecule has 0 N–H and O–H groups in total. The average Bonchev–Trinajstić information content (AvgIpc) is 3.53. The Balaban J connectivity index is 1.41. The van der Waals surface area contributed by atoms with Crippen LogP contribution in [0.5, 0.6) is 5.75 Å². The fraction of sp³-hybridized carbons (Fsp3) is 0.278. The Morgan fingerprint density at radius 1 is 0.878 bits per heavy atom. The SMILES string of the molecule is COc1cccc(Cn2c(-c3ccc4nc(-c5sc(C)nc5C)ccc4c3)c(C3CCCCC3)c3ccccc32)c1. The second kappa shape index (κ2) is 10.8. The van der Waals surface area contributed by atoms with Crippen LogP contribution >= 0.6 is 11.3 Å². The highest BCUT2D eigenvalue weighted by Crippen LogP contribution is 2.45. The van der Waals surface area contributed by atoms with Gasteiger partial charge in [-0.25, -0.2) is 9.97 Å². The zero-order chi connectivity index (χ0) is 27.9. The maximum atomic E-state index is 5.57. The number of rotatable bonds is 6. The lowest BCUT2D eigenvalue weighted by Gasteiger charge is -2.24. The van der Waals surface area contributed by atoms with Gasteiger partial charge in [0.05, 0.1) is 39.6 Å². The molecule has 0 spiro atoms. The summed E-state index contributed by atoms with van der Waals surface area (Å²) < 4.78 is 8.12. The van der Waals surface area contributed by atoms with Crippen LogP contribution in [0.4, 0.5) is 0 Å². The van der Waals surface area contributed by atoms with Gasteiger partial charge in [-0.3, -0.25) is 0 Å². The number of aryl methyl sites for hydroxylation is 2. The number of thiazole rings is 1. The number of hydrogen-bond acceptors (Lipinski definition) is 4. The lowest BCUT2D eigenvalue weighted by Crippen LogP contribution is -2.08. The number of fused-ring (bicyclic) bond motifs is 2. The largest absolute Gasteiger partial charge is 0.497 e. The van der Waals surface area contributed by atoms with Gasteiger partial charge in [-0.15, -0.1) is 11.3 Å². The molecule has 3 aromatic heterocycles. The van der Waals surface area contributed by atoms with Crippen LogP contribution < -0.4 is 4.74 Å². The summed E-state index contributed by atoms with van der Waals surface area (Å²) in [5.74, 6) is 1.47. The molecule has 3 heterocycles. The first-order valence-corrected chi connectivity index (χ1v) is 15.5. The third-order valence-corrected chi connectivity index (χ3v) is 9.69. The molecule has 0 unspecified atom stereocenters. The van der Waals surface area contributed by atoms with Crippen molar-refractivity contribution in [1.29, 1.82) is 0 Å². The molecule has 1 saturated carbocycles. The van der Waals surface area contributed by atoms with E-state index in [0.29, 0.717) is 5.92 Å². The van der Waals surface area contributed by atoms with Crippen LogP contribution in [-0.4, -0.2) is 21.6 Å². The minimum absolute atomic E-state index is 0.573. The van der Waals surface area contributed by atoms with Crippen LogP contribution in [0.2, 0.25) is 0 Å². The second-order valence-corrected chi connectivity index (χ2v) is 12.5. The number of para-hydroxylation sites is 1. The summed E-state index contributed by atoms with van der Waals surface area (Å²) in [6.45, 7) is 4.92. The van der Waals surface area contributed by atoms with Gasteiger partial charge in [-0.2, -0.15) is 0 Å². The molecule has 1 aliphatic rings. The van der Waals surface area contributed by atoms with Gasteiger partial charge >= 0.3 is 0 Å². The third kappa shape index (κ3) is 4.82. The van der Waals surface area contributed by atoms with Gasteiger partial charge in [0.1, 0.15) is 5.75 Å². The van der Waals surface area contributed by atoms with Crippen molar-refractivity contribution < 1.29 is 4.74 Å². The maximum Gasteiger partial charge on any atom is 0.119 e. The average molecular weight is 558 g/mol. The van der Waals surface area contributed by atoms with Crippen molar-refractivity contribution in [2.75, 3.05) is 7.11 Å². The van der Waals surface area contributed by atoms with E-state index >= 15 is 0 Å². The van der Waals surface area contributed by atoms with Crippen molar-refractivity contribution in [2.45, 2.75) is 58.4 Å². The normalized spacial score (nSPS) is 14.2. The predicted molar refractivity (Wildman–Crippen MR) is 171 cm³/mol. The molecule has 41 heavy (non-hydrogen) atoms. The van der Waals surface area contributed by atoms with Crippen molar-refractivity contribution >= 4 is 33.1 Å². The summed E-state index contributed by atoms with van der Waals surface area (Å²) in [5, 5.41) is 3.63. The fourth-order valence-electron chi connectivity index (χ4n) is 6.73. The molecule has 4 nitrogen and oxygen atoms in total. The number of pyridine rings is 1. The Morgan fingerprint density at radius 3 is 2.54 bits per heavy atom. The van der Waals surface area contributed by atoms with Gasteiger partial charge in [0.2, 0.25) is 0 Å². The summed E-state index contributed by atoms with van der Waals surface area (Å²) in [6.07, 6.45) is 6.47. The molecule has 7 rings (SSSR count). The highest BCUT2D eigenvalue weighted by molar-refractivity contribution is 7.15. The summed E-state index contributed by atoms with van der Waals surface area (Å²) in [6, 6.07) is 28.7. The minimum Gasteiger partial charge on any atom is -0.497 e. The van der Waals surface area contributed by atoms with Crippen LogP contribution in [0.25, 0.3) is 43.6 Å². The molecule has 6 aromatic rings. The van der Waals surface area contributed by atoms with Gasteiger partial charge in [0.15, 0.2) is 0 Å². The Kier molecular flexibility index (Phi) is 6.83. The summed E-state index contributed by atoms with van der Waals surface area (Å²) in [4.78, 5) is 10.8. The van der Waals surface area contributed by atoms with Gasteiger partial charge in [0, 0.05) is 22.8 Å². The summed E-state index contributed by atoms with van der Waals surface area (Å²) in [5.41, 5.74) is 9.74. The van der Waals surface area contributed by atoms with Gasteiger partial charge in [-0.1, -0.05) is 61.7 Å². The standard InChI is InChI=1S/C36H35N3OS/c1-23-36(41-24(2)37-23)32-19-16-27-21-28(17-18-31(27)38-32)35-34(26-11-5-4-6-12-26)30-14-7-8-15-33(30)39(35)22-25-10-9-13-29(20-25)40-3/h7-10,13-21,26H,4-6,11-12,22H2,1-3H3. The number of methoxy groups -OCH3 is 1. The van der Waals surface area contributed by atoms with Crippen molar-refractivity contribution in [3.8, 4) is 27.6 Å². The molecule has 0 radical (unpaired) electrons. The fourth-order valence-corrected chi connectivity index (χ4v) is 7.62. The molecule has 3 aromatic carbocycles. The number of hydrogen-bond donors (Lipinski definition) is 0. The van der Waals surface area contributed by atoms with E-state index in [4.69, 9.17) is 9.72 Å².